The van der Waals surface area contributed by atoms with Crippen molar-refractivity contribution >= 4 is 5.91 Å². The first-order chi connectivity index (χ1) is 13.9. The van der Waals surface area contributed by atoms with Crippen molar-refractivity contribution in [2.45, 2.75) is 45.3 Å². The molecule has 1 N–H and O–H groups in total. The zero-order chi connectivity index (χ0) is 20.5. The number of amides is 1. The van der Waals surface area contributed by atoms with Crippen LogP contribution in [0.4, 0.5) is 4.39 Å². The maximum atomic E-state index is 13.1. The summed E-state index contributed by atoms with van der Waals surface area (Å²) in [7, 11) is 0. The lowest BCUT2D eigenvalue weighted by molar-refractivity contribution is -0.129. The Hall–Kier alpha value is -2.40. The van der Waals surface area contributed by atoms with E-state index < -0.39 is 6.10 Å². The molecule has 2 aromatic carbocycles. The van der Waals surface area contributed by atoms with Crippen molar-refractivity contribution in [1.82, 2.24) is 4.90 Å². The molecule has 154 valence electrons. The second-order valence-corrected chi connectivity index (χ2v) is 8.57. The van der Waals surface area contributed by atoms with E-state index in [1.165, 1.54) is 12.1 Å². The molecule has 0 spiro atoms. The highest BCUT2D eigenvalue weighted by Gasteiger charge is 2.43. The summed E-state index contributed by atoms with van der Waals surface area (Å²) in [4.78, 5) is 14.9. The van der Waals surface area contributed by atoms with Crippen molar-refractivity contribution in [2.75, 3.05) is 13.1 Å². The van der Waals surface area contributed by atoms with Gasteiger partial charge in [-0.25, -0.2) is 4.39 Å². The van der Waals surface area contributed by atoms with Gasteiger partial charge in [0.2, 0.25) is 5.91 Å². The average molecular weight is 397 g/mol. The van der Waals surface area contributed by atoms with Gasteiger partial charge in [-0.2, -0.15) is 0 Å². The minimum Gasteiger partial charge on any atom is -0.488 e. The van der Waals surface area contributed by atoms with Crippen LogP contribution in [0.5, 0.6) is 5.75 Å². The third-order valence-electron chi connectivity index (χ3n) is 6.39. The Morgan fingerprint density at radius 3 is 2.52 bits per heavy atom. The lowest BCUT2D eigenvalue weighted by Gasteiger charge is -2.35. The summed E-state index contributed by atoms with van der Waals surface area (Å²) in [6.45, 7) is 5.50. The number of ether oxygens (including phenoxy) is 1. The fraction of sp³-hybridized carbons (Fsp3) is 0.458. The monoisotopic (exact) mass is 397 g/mol. The summed E-state index contributed by atoms with van der Waals surface area (Å²) in [5, 5.41) is 10.6. The summed E-state index contributed by atoms with van der Waals surface area (Å²) >= 11 is 0. The molecule has 1 saturated heterocycles. The molecular weight excluding hydrogens is 369 g/mol. The molecule has 0 radical (unpaired) electrons. The number of hydrogen-bond donors (Lipinski definition) is 1. The SMILES string of the molecule is Cc1ccc(C)c(CC(=O)N2C[C@H]3C[C@@H](Oc4ccc(F)cc4)[C@H](O)C[C@H]3C2)c1. The maximum absolute atomic E-state index is 13.1. The fourth-order valence-electron chi connectivity index (χ4n) is 4.67. The van der Waals surface area contributed by atoms with Gasteiger partial charge in [-0.05, 0) is 73.9 Å². The Morgan fingerprint density at radius 1 is 1.10 bits per heavy atom. The second-order valence-electron chi connectivity index (χ2n) is 8.57. The summed E-state index contributed by atoms with van der Waals surface area (Å²) in [6.07, 6.45) is 0.858. The topological polar surface area (TPSA) is 49.8 Å². The minimum absolute atomic E-state index is 0.151. The van der Waals surface area contributed by atoms with Gasteiger partial charge in [0.15, 0.2) is 0 Å². The Kier molecular flexibility index (Phi) is 5.59. The number of aryl methyl sites for hydroxylation is 2. The first-order valence-electron chi connectivity index (χ1n) is 10.3. The van der Waals surface area contributed by atoms with Crippen LogP contribution in [0.3, 0.4) is 0 Å². The molecule has 4 rings (SSSR count). The van der Waals surface area contributed by atoms with Crippen LogP contribution in [0, 0.1) is 31.5 Å². The first-order valence-corrected chi connectivity index (χ1v) is 10.3. The number of aliphatic hydroxyl groups excluding tert-OH is 1. The summed E-state index contributed by atoms with van der Waals surface area (Å²) in [5.74, 6) is 1.04. The normalized spacial score (nSPS) is 26.3. The predicted molar refractivity (Wildman–Crippen MR) is 109 cm³/mol. The standard InChI is InChI=1S/C24H28FNO3/c1-15-3-4-16(2)17(9-15)12-24(28)26-13-18-10-22(27)23(11-19(18)14-26)29-21-7-5-20(25)6-8-21/h3-9,18-19,22-23,27H,10-14H2,1-2H3/t18-,19+,22+,23+/m0/s1. The van der Waals surface area contributed by atoms with Gasteiger partial charge in [0.05, 0.1) is 12.5 Å². The molecule has 1 heterocycles. The minimum atomic E-state index is -0.574. The second kappa shape index (κ2) is 8.15. The van der Waals surface area contributed by atoms with Crippen molar-refractivity contribution in [3.8, 4) is 5.75 Å². The molecule has 2 aromatic rings. The molecule has 5 heteroatoms. The third-order valence-corrected chi connectivity index (χ3v) is 6.39. The van der Waals surface area contributed by atoms with E-state index in [-0.39, 0.29) is 17.8 Å². The van der Waals surface area contributed by atoms with Gasteiger partial charge >= 0.3 is 0 Å². The zero-order valence-electron chi connectivity index (χ0n) is 17.0. The number of aliphatic hydroxyl groups is 1. The van der Waals surface area contributed by atoms with E-state index in [0.717, 1.165) is 16.7 Å². The van der Waals surface area contributed by atoms with Crippen LogP contribution in [0.2, 0.25) is 0 Å². The molecular formula is C24H28FNO3. The van der Waals surface area contributed by atoms with Crippen LogP contribution < -0.4 is 4.74 Å². The third kappa shape index (κ3) is 4.45. The van der Waals surface area contributed by atoms with Crippen LogP contribution in [-0.4, -0.2) is 41.2 Å². The zero-order valence-corrected chi connectivity index (χ0v) is 17.0. The highest BCUT2D eigenvalue weighted by Crippen LogP contribution is 2.38. The molecule has 1 aliphatic heterocycles. The summed E-state index contributed by atoms with van der Waals surface area (Å²) in [5.41, 5.74) is 3.39. The van der Waals surface area contributed by atoms with Crippen LogP contribution in [0.15, 0.2) is 42.5 Å². The molecule has 2 fully saturated rings. The van der Waals surface area contributed by atoms with Crippen molar-refractivity contribution < 1.29 is 19.0 Å². The largest absolute Gasteiger partial charge is 0.488 e. The van der Waals surface area contributed by atoms with Crippen LogP contribution in [0.25, 0.3) is 0 Å². The van der Waals surface area contributed by atoms with Crippen molar-refractivity contribution in [2.24, 2.45) is 11.8 Å². The van der Waals surface area contributed by atoms with E-state index in [2.05, 4.69) is 18.2 Å². The highest BCUT2D eigenvalue weighted by molar-refractivity contribution is 5.79. The number of rotatable bonds is 4. The number of benzene rings is 2. The van der Waals surface area contributed by atoms with Gasteiger partial charge in [-0.15, -0.1) is 0 Å². The fourth-order valence-corrected chi connectivity index (χ4v) is 4.67. The van der Waals surface area contributed by atoms with Gasteiger partial charge in [0.1, 0.15) is 17.7 Å². The molecule has 1 aliphatic carbocycles. The number of fused-ring (bicyclic) bond motifs is 1. The van der Waals surface area contributed by atoms with E-state index in [4.69, 9.17) is 4.74 Å². The van der Waals surface area contributed by atoms with E-state index >= 15 is 0 Å². The van der Waals surface area contributed by atoms with Gasteiger partial charge in [-0.1, -0.05) is 23.8 Å². The molecule has 2 aliphatic rings. The number of carbonyl (C=O) groups excluding carboxylic acids is 1. The predicted octanol–water partition coefficient (Wildman–Crippen LogP) is 3.66. The Balaban J connectivity index is 1.38. The first kappa shape index (κ1) is 19.9. The molecule has 0 bridgehead atoms. The number of likely N-dealkylation sites (tertiary alicyclic amines) is 1. The molecule has 29 heavy (non-hydrogen) atoms. The molecule has 0 aromatic heterocycles. The number of carbonyl (C=O) groups is 1. The van der Waals surface area contributed by atoms with E-state index in [1.807, 2.05) is 18.7 Å². The van der Waals surface area contributed by atoms with E-state index in [0.29, 0.717) is 49.9 Å². The van der Waals surface area contributed by atoms with Gasteiger partial charge in [-0.3, -0.25) is 4.79 Å². The van der Waals surface area contributed by atoms with Crippen molar-refractivity contribution in [3.63, 3.8) is 0 Å². The summed E-state index contributed by atoms with van der Waals surface area (Å²) < 4.78 is 19.0. The van der Waals surface area contributed by atoms with Crippen LogP contribution >= 0.6 is 0 Å². The van der Waals surface area contributed by atoms with E-state index in [9.17, 15) is 14.3 Å². The Labute approximate surface area is 171 Å². The Bertz CT molecular complexity index is 882. The Morgan fingerprint density at radius 2 is 1.79 bits per heavy atom. The van der Waals surface area contributed by atoms with E-state index in [1.54, 1.807) is 12.1 Å². The smallest absolute Gasteiger partial charge is 0.227 e. The quantitative estimate of drug-likeness (QED) is 0.857. The van der Waals surface area contributed by atoms with Crippen LogP contribution in [0.1, 0.15) is 29.5 Å². The summed E-state index contributed by atoms with van der Waals surface area (Å²) in [6, 6.07) is 12.1. The van der Waals surface area contributed by atoms with Crippen molar-refractivity contribution in [3.05, 3.63) is 65.0 Å². The van der Waals surface area contributed by atoms with Crippen LogP contribution in [-0.2, 0) is 11.2 Å². The highest BCUT2D eigenvalue weighted by atomic mass is 19.1. The van der Waals surface area contributed by atoms with Gasteiger partial charge in [0, 0.05) is 13.1 Å². The molecule has 4 atom stereocenters. The molecule has 0 unspecified atom stereocenters. The molecule has 1 saturated carbocycles. The lowest BCUT2D eigenvalue weighted by atomic mass is 9.78. The maximum Gasteiger partial charge on any atom is 0.227 e. The lowest BCUT2D eigenvalue weighted by Crippen LogP contribution is -2.42. The van der Waals surface area contributed by atoms with Gasteiger partial charge in [0.25, 0.3) is 0 Å². The molecule has 1 amide bonds. The molecule has 4 nitrogen and oxygen atoms in total. The van der Waals surface area contributed by atoms with Gasteiger partial charge < -0.3 is 14.7 Å². The number of halogens is 1. The average Bonchev–Trinajstić information content (AvgIpc) is 3.09. The number of nitrogens with zero attached hydrogens (tertiary/aromatic N) is 1. The van der Waals surface area contributed by atoms with Crippen molar-refractivity contribution in [1.29, 1.82) is 0 Å². The number of hydrogen-bond acceptors (Lipinski definition) is 3.